The smallest absolute Gasteiger partial charge is 0.144 e. The fraction of sp³-hybridized carbons (Fsp3) is 0.400. The summed E-state index contributed by atoms with van der Waals surface area (Å²) in [4.78, 5) is 0. The molecule has 3 heteroatoms. The first kappa shape index (κ1) is 7.68. The van der Waals surface area contributed by atoms with E-state index >= 15 is 0 Å². The van der Waals surface area contributed by atoms with Crippen molar-refractivity contribution in [3.63, 3.8) is 0 Å². The number of fused-ring (bicyclic) bond motifs is 1. The Kier molecular flexibility index (Phi) is 1.42. The summed E-state index contributed by atoms with van der Waals surface area (Å²) >= 11 is 3.44. The molecule has 0 bridgehead atoms. The van der Waals surface area contributed by atoms with Gasteiger partial charge in [-0.2, -0.15) is 0 Å². The fourth-order valence-corrected chi connectivity index (χ4v) is 2.01. The van der Waals surface area contributed by atoms with Crippen LogP contribution in [0.1, 0.15) is 12.8 Å². The van der Waals surface area contributed by atoms with Crippen LogP contribution in [-0.2, 0) is 0 Å². The summed E-state index contributed by atoms with van der Waals surface area (Å²) in [5.41, 5.74) is 1.24. The van der Waals surface area contributed by atoms with Crippen molar-refractivity contribution >= 4 is 21.6 Å². The highest BCUT2D eigenvalue weighted by atomic mass is 79.9. The van der Waals surface area contributed by atoms with Crippen molar-refractivity contribution in [2.75, 3.05) is 11.9 Å². The molecule has 0 radical (unpaired) electrons. The second-order valence-corrected chi connectivity index (χ2v) is 4.69. The van der Waals surface area contributed by atoms with Crippen molar-refractivity contribution < 1.29 is 4.74 Å². The van der Waals surface area contributed by atoms with Gasteiger partial charge in [0.05, 0.1) is 12.2 Å². The molecule has 1 aliphatic heterocycles. The van der Waals surface area contributed by atoms with Gasteiger partial charge in [-0.05, 0) is 31.0 Å². The standard InChI is InChI=1S/C10H10BrNO/c11-7-1-2-8-9(5-7)13-10(3-4-10)6-12-8/h1-2,5,12H,3-4,6H2. The Labute approximate surface area is 85.4 Å². The molecule has 1 aliphatic carbocycles. The molecular formula is C10H10BrNO. The molecule has 1 N–H and O–H groups in total. The highest BCUT2D eigenvalue weighted by Crippen LogP contribution is 2.46. The van der Waals surface area contributed by atoms with E-state index in [1.807, 2.05) is 12.1 Å². The molecular weight excluding hydrogens is 230 g/mol. The van der Waals surface area contributed by atoms with Crippen LogP contribution < -0.4 is 10.1 Å². The van der Waals surface area contributed by atoms with Crippen LogP contribution in [0.4, 0.5) is 5.69 Å². The topological polar surface area (TPSA) is 21.3 Å². The van der Waals surface area contributed by atoms with Gasteiger partial charge < -0.3 is 10.1 Å². The van der Waals surface area contributed by atoms with Crippen LogP contribution in [0.3, 0.4) is 0 Å². The average Bonchev–Trinajstić information content (AvgIpc) is 2.84. The molecule has 1 fully saturated rings. The lowest BCUT2D eigenvalue weighted by Gasteiger charge is -2.27. The third kappa shape index (κ3) is 1.22. The number of anilines is 1. The zero-order valence-corrected chi connectivity index (χ0v) is 8.73. The minimum absolute atomic E-state index is 0.133. The SMILES string of the molecule is Brc1ccc2c(c1)OC1(CC1)CN2. The van der Waals surface area contributed by atoms with Crippen LogP contribution in [0.15, 0.2) is 22.7 Å². The first-order valence-corrected chi connectivity index (χ1v) is 5.29. The highest BCUT2D eigenvalue weighted by molar-refractivity contribution is 9.10. The Hall–Kier alpha value is -0.700. The molecule has 1 aromatic rings. The Bertz CT molecular complexity index is 360. The van der Waals surface area contributed by atoms with E-state index in [4.69, 9.17) is 4.74 Å². The van der Waals surface area contributed by atoms with Crippen molar-refractivity contribution in [3.8, 4) is 5.75 Å². The average molecular weight is 240 g/mol. The third-order valence-corrected chi connectivity index (χ3v) is 3.17. The number of nitrogens with one attached hydrogen (secondary N) is 1. The molecule has 0 atom stereocenters. The van der Waals surface area contributed by atoms with Gasteiger partial charge in [0.2, 0.25) is 0 Å². The lowest BCUT2D eigenvalue weighted by Crippen LogP contribution is -2.32. The summed E-state index contributed by atoms with van der Waals surface area (Å²) in [5.74, 6) is 0.984. The Morgan fingerprint density at radius 3 is 3.00 bits per heavy atom. The quantitative estimate of drug-likeness (QED) is 0.752. The maximum atomic E-state index is 5.92. The maximum Gasteiger partial charge on any atom is 0.144 e. The van der Waals surface area contributed by atoms with E-state index < -0.39 is 0 Å². The van der Waals surface area contributed by atoms with Crippen LogP contribution in [-0.4, -0.2) is 12.1 Å². The van der Waals surface area contributed by atoms with Crippen LogP contribution in [0.25, 0.3) is 0 Å². The van der Waals surface area contributed by atoms with Crippen molar-refractivity contribution in [1.82, 2.24) is 0 Å². The number of ether oxygens (including phenoxy) is 1. The number of halogens is 1. The number of benzene rings is 1. The predicted molar refractivity (Wildman–Crippen MR) is 55.2 cm³/mol. The van der Waals surface area contributed by atoms with Crippen LogP contribution in [0.5, 0.6) is 5.75 Å². The molecule has 1 spiro atoms. The lowest BCUT2D eigenvalue weighted by molar-refractivity contribution is 0.184. The molecule has 0 aromatic heterocycles. The van der Waals surface area contributed by atoms with Gasteiger partial charge in [0, 0.05) is 4.47 Å². The van der Waals surface area contributed by atoms with Gasteiger partial charge >= 0.3 is 0 Å². The van der Waals surface area contributed by atoms with Gasteiger partial charge in [-0.25, -0.2) is 0 Å². The second-order valence-electron chi connectivity index (χ2n) is 3.78. The number of hydrogen-bond acceptors (Lipinski definition) is 2. The Morgan fingerprint density at radius 1 is 1.38 bits per heavy atom. The van der Waals surface area contributed by atoms with Gasteiger partial charge in [0.1, 0.15) is 11.4 Å². The minimum atomic E-state index is 0.133. The highest BCUT2D eigenvalue weighted by Gasteiger charge is 2.47. The van der Waals surface area contributed by atoms with Crippen molar-refractivity contribution in [3.05, 3.63) is 22.7 Å². The van der Waals surface area contributed by atoms with Gasteiger partial charge in [-0.15, -0.1) is 0 Å². The number of hydrogen-bond donors (Lipinski definition) is 1. The maximum absolute atomic E-state index is 5.92. The van der Waals surface area contributed by atoms with Crippen molar-refractivity contribution in [2.24, 2.45) is 0 Å². The second kappa shape index (κ2) is 2.41. The summed E-state index contributed by atoms with van der Waals surface area (Å²) in [6.07, 6.45) is 2.37. The van der Waals surface area contributed by atoms with Gasteiger partial charge in [-0.1, -0.05) is 15.9 Å². The minimum Gasteiger partial charge on any atom is -0.483 e. The number of rotatable bonds is 0. The van der Waals surface area contributed by atoms with Crippen LogP contribution in [0.2, 0.25) is 0 Å². The Balaban J connectivity index is 2.02. The van der Waals surface area contributed by atoms with Crippen LogP contribution >= 0.6 is 15.9 Å². The molecule has 13 heavy (non-hydrogen) atoms. The zero-order chi connectivity index (χ0) is 8.89. The van der Waals surface area contributed by atoms with Gasteiger partial charge in [-0.3, -0.25) is 0 Å². The summed E-state index contributed by atoms with van der Waals surface area (Å²) in [7, 11) is 0. The molecule has 1 aromatic carbocycles. The van der Waals surface area contributed by atoms with E-state index in [1.54, 1.807) is 0 Å². The molecule has 68 valence electrons. The van der Waals surface area contributed by atoms with Gasteiger partial charge in [0.15, 0.2) is 0 Å². The molecule has 3 rings (SSSR count). The fourth-order valence-electron chi connectivity index (χ4n) is 1.67. The van der Waals surface area contributed by atoms with E-state index in [0.717, 1.165) is 22.5 Å². The summed E-state index contributed by atoms with van der Waals surface area (Å²) in [6.45, 7) is 0.960. The van der Waals surface area contributed by atoms with Crippen LogP contribution in [0, 0.1) is 0 Å². The van der Waals surface area contributed by atoms with E-state index in [0.29, 0.717) is 0 Å². The molecule has 2 nitrogen and oxygen atoms in total. The molecule has 0 saturated heterocycles. The molecule has 1 saturated carbocycles. The summed E-state index contributed by atoms with van der Waals surface area (Å²) in [6, 6.07) is 6.11. The van der Waals surface area contributed by atoms with Gasteiger partial charge in [0.25, 0.3) is 0 Å². The van der Waals surface area contributed by atoms with E-state index in [2.05, 4.69) is 27.3 Å². The summed E-state index contributed by atoms with van der Waals surface area (Å²) in [5, 5.41) is 3.40. The molecule has 0 amide bonds. The largest absolute Gasteiger partial charge is 0.483 e. The summed E-state index contributed by atoms with van der Waals surface area (Å²) < 4.78 is 6.99. The van der Waals surface area contributed by atoms with E-state index in [-0.39, 0.29) is 5.60 Å². The first-order valence-electron chi connectivity index (χ1n) is 4.50. The lowest BCUT2D eigenvalue weighted by atomic mass is 10.2. The van der Waals surface area contributed by atoms with E-state index in [9.17, 15) is 0 Å². The van der Waals surface area contributed by atoms with E-state index in [1.165, 1.54) is 12.8 Å². The zero-order valence-electron chi connectivity index (χ0n) is 7.14. The predicted octanol–water partition coefficient (Wildman–Crippen LogP) is 2.79. The first-order chi connectivity index (χ1) is 6.27. The third-order valence-electron chi connectivity index (χ3n) is 2.68. The monoisotopic (exact) mass is 239 g/mol. The normalized spacial score (nSPS) is 21.6. The van der Waals surface area contributed by atoms with Crippen molar-refractivity contribution in [1.29, 1.82) is 0 Å². The Morgan fingerprint density at radius 2 is 2.23 bits per heavy atom. The molecule has 1 heterocycles. The molecule has 0 unspecified atom stereocenters. The van der Waals surface area contributed by atoms with Crippen molar-refractivity contribution in [2.45, 2.75) is 18.4 Å². The molecule has 2 aliphatic rings.